The van der Waals surface area contributed by atoms with Gasteiger partial charge >= 0.3 is 0 Å². The smallest absolute Gasteiger partial charge is 0.224 e. The Balaban J connectivity index is 2.05. The van der Waals surface area contributed by atoms with Crippen molar-refractivity contribution in [3.05, 3.63) is 36.5 Å². The summed E-state index contributed by atoms with van der Waals surface area (Å²) in [6, 6.07) is 9.59. The molecule has 1 atom stereocenters. The fourth-order valence-electron chi connectivity index (χ4n) is 1.74. The van der Waals surface area contributed by atoms with Crippen LogP contribution < -0.4 is 11.1 Å². The monoisotopic (exact) mass is 243 g/mol. The Bertz CT molecular complexity index is 551. The van der Waals surface area contributed by atoms with Gasteiger partial charge in [0.1, 0.15) is 0 Å². The highest BCUT2D eigenvalue weighted by molar-refractivity contribution is 5.93. The van der Waals surface area contributed by atoms with Crippen molar-refractivity contribution in [1.82, 2.24) is 4.98 Å². The highest BCUT2D eigenvalue weighted by atomic mass is 16.1. The lowest BCUT2D eigenvalue weighted by Crippen LogP contribution is -2.19. The average molecular weight is 243 g/mol. The molecule has 0 aliphatic carbocycles. The van der Waals surface area contributed by atoms with Crippen LogP contribution in [-0.4, -0.2) is 16.9 Å². The second kappa shape index (κ2) is 5.60. The van der Waals surface area contributed by atoms with Crippen LogP contribution in [0.2, 0.25) is 0 Å². The third kappa shape index (κ3) is 3.28. The first-order valence-electron chi connectivity index (χ1n) is 6.05. The number of carbonyl (C=O) groups excluding carboxylic acids is 1. The maximum absolute atomic E-state index is 11.7. The molecule has 0 bridgehead atoms. The van der Waals surface area contributed by atoms with Crippen molar-refractivity contribution in [3.8, 4) is 0 Å². The first-order valence-corrected chi connectivity index (χ1v) is 6.05. The predicted octanol–water partition coefficient (Wildman–Crippen LogP) is 2.30. The molecule has 0 fully saturated rings. The van der Waals surface area contributed by atoms with Crippen LogP contribution in [0.25, 0.3) is 10.9 Å². The first-order chi connectivity index (χ1) is 8.65. The van der Waals surface area contributed by atoms with E-state index in [0.29, 0.717) is 12.8 Å². The Morgan fingerprint density at radius 3 is 3.06 bits per heavy atom. The van der Waals surface area contributed by atoms with Gasteiger partial charge in [-0.15, -0.1) is 0 Å². The Labute approximate surface area is 106 Å². The number of pyridine rings is 1. The van der Waals surface area contributed by atoms with E-state index < -0.39 is 0 Å². The summed E-state index contributed by atoms with van der Waals surface area (Å²) >= 11 is 0. The molecule has 3 N–H and O–H groups in total. The number of benzene rings is 1. The average Bonchev–Trinajstić information content (AvgIpc) is 2.36. The Hall–Kier alpha value is -1.94. The number of nitrogens with two attached hydrogens (primary N) is 1. The highest BCUT2D eigenvalue weighted by Gasteiger charge is 2.04. The lowest BCUT2D eigenvalue weighted by molar-refractivity contribution is -0.116. The minimum atomic E-state index is -0.00413. The van der Waals surface area contributed by atoms with Gasteiger partial charge in [0.15, 0.2) is 0 Å². The zero-order valence-electron chi connectivity index (χ0n) is 10.4. The minimum absolute atomic E-state index is 0.00413. The molecule has 4 heteroatoms. The largest absolute Gasteiger partial charge is 0.328 e. The van der Waals surface area contributed by atoms with Crippen molar-refractivity contribution in [1.29, 1.82) is 0 Å². The predicted molar refractivity (Wildman–Crippen MR) is 73.3 cm³/mol. The second-order valence-corrected chi connectivity index (χ2v) is 4.48. The van der Waals surface area contributed by atoms with Gasteiger partial charge in [0.05, 0.1) is 5.52 Å². The van der Waals surface area contributed by atoms with Crippen molar-refractivity contribution in [2.45, 2.75) is 25.8 Å². The summed E-state index contributed by atoms with van der Waals surface area (Å²) < 4.78 is 0. The van der Waals surface area contributed by atoms with E-state index in [4.69, 9.17) is 5.73 Å². The van der Waals surface area contributed by atoms with Crippen LogP contribution in [0.3, 0.4) is 0 Å². The number of anilines is 1. The molecule has 0 saturated carbocycles. The van der Waals surface area contributed by atoms with Crippen molar-refractivity contribution in [2.75, 3.05) is 5.32 Å². The van der Waals surface area contributed by atoms with E-state index in [2.05, 4.69) is 10.3 Å². The SMILES string of the molecule is CC(N)CCC(=O)Nc1ccc2ncccc2c1. The molecule has 1 unspecified atom stereocenters. The number of nitrogens with zero attached hydrogens (tertiary/aromatic N) is 1. The molecule has 0 aliphatic rings. The Morgan fingerprint density at radius 1 is 1.44 bits per heavy atom. The van der Waals surface area contributed by atoms with Gasteiger partial charge in [-0.3, -0.25) is 9.78 Å². The van der Waals surface area contributed by atoms with Crippen LogP contribution in [0.5, 0.6) is 0 Å². The number of nitrogens with one attached hydrogen (secondary N) is 1. The summed E-state index contributed by atoms with van der Waals surface area (Å²) in [4.78, 5) is 15.9. The Kier molecular flexibility index (Phi) is 3.89. The zero-order valence-corrected chi connectivity index (χ0v) is 10.4. The molecule has 4 nitrogen and oxygen atoms in total. The number of carbonyl (C=O) groups is 1. The summed E-state index contributed by atoms with van der Waals surface area (Å²) in [5.41, 5.74) is 7.34. The van der Waals surface area contributed by atoms with Crippen molar-refractivity contribution in [2.24, 2.45) is 5.73 Å². The molecule has 1 aromatic heterocycles. The van der Waals surface area contributed by atoms with Gasteiger partial charge in [-0.05, 0) is 37.6 Å². The molecule has 0 aliphatic heterocycles. The summed E-state index contributed by atoms with van der Waals surface area (Å²) in [7, 11) is 0. The molecule has 1 heterocycles. The number of fused-ring (bicyclic) bond motifs is 1. The quantitative estimate of drug-likeness (QED) is 0.865. The van der Waals surface area contributed by atoms with Gasteiger partial charge in [0.2, 0.25) is 5.91 Å². The number of hydrogen-bond acceptors (Lipinski definition) is 3. The van der Waals surface area contributed by atoms with Gasteiger partial charge in [-0.1, -0.05) is 6.07 Å². The van der Waals surface area contributed by atoms with Gasteiger partial charge in [-0.25, -0.2) is 0 Å². The molecule has 2 rings (SSSR count). The topological polar surface area (TPSA) is 68.0 Å². The number of hydrogen-bond donors (Lipinski definition) is 2. The molecular weight excluding hydrogens is 226 g/mol. The van der Waals surface area contributed by atoms with Crippen molar-refractivity contribution >= 4 is 22.5 Å². The summed E-state index contributed by atoms with van der Waals surface area (Å²) in [6.45, 7) is 1.90. The molecule has 2 aromatic rings. The summed E-state index contributed by atoms with van der Waals surface area (Å²) in [6.07, 6.45) is 2.90. The lowest BCUT2D eigenvalue weighted by atomic mass is 10.1. The standard InChI is InChI=1S/C14H17N3O/c1-10(15)4-7-14(18)17-12-5-6-13-11(9-12)3-2-8-16-13/h2-3,5-6,8-10H,4,7,15H2,1H3,(H,17,18). The molecule has 1 amide bonds. The van der Waals surface area contributed by atoms with Crippen LogP contribution in [-0.2, 0) is 4.79 Å². The van der Waals surface area contributed by atoms with E-state index >= 15 is 0 Å². The first kappa shape index (κ1) is 12.5. The molecule has 94 valence electrons. The van der Waals surface area contributed by atoms with E-state index in [-0.39, 0.29) is 11.9 Å². The summed E-state index contributed by atoms with van der Waals surface area (Å²) in [5, 5.41) is 3.88. The molecule has 18 heavy (non-hydrogen) atoms. The van der Waals surface area contributed by atoms with Crippen molar-refractivity contribution < 1.29 is 4.79 Å². The number of aromatic nitrogens is 1. The maximum atomic E-state index is 11.7. The molecule has 0 saturated heterocycles. The normalized spacial score (nSPS) is 12.3. The zero-order chi connectivity index (χ0) is 13.0. The third-order valence-electron chi connectivity index (χ3n) is 2.71. The van der Waals surface area contributed by atoms with Gasteiger partial charge in [-0.2, -0.15) is 0 Å². The second-order valence-electron chi connectivity index (χ2n) is 4.48. The highest BCUT2D eigenvalue weighted by Crippen LogP contribution is 2.17. The lowest BCUT2D eigenvalue weighted by Gasteiger charge is -2.07. The van der Waals surface area contributed by atoms with E-state index in [0.717, 1.165) is 16.6 Å². The van der Waals surface area contributed by atoms with E-state index in [1.807, 2.05) is 37.3 Å². The van der Waals surface area contributed by atoms with E-state index in [1.54, 1.807) is 6.20 Å². The van der Waals surface area contributed by atoms with Crippen LogP contribution in [0.4, 0.5) is 5.69 Å². The molecule has 0 radical (unpaired) electrons. The fourth-order valence-corrected chi connectivity index (χ4v) is 1.74. The fraction of sp³-hybridized carbons (Fsp3) is 0.286. The minimum Gasteiger partial charge on any atom is -0.328 e. The van der Waals surface area contributed by atoms with Gasteiger partial charge in [0, 0.05) is 29.7 Å². The number of amides is 1. The van der Waals surface area contributed by atoms with Crippen molar-refractivity contribution in [3.63, 3.8) is 0 Å². The number of rotatable bonds is 4. The molecule has 0 spiro atoms. The maximum Gasteiger partial charge on any atom is 0.224 e. The van der Waals surface area contributed by atoms with Crippen LogP contribution in [0.15, 0.2) is 36.5 Å². The van der Waals surface area contributed by atoms with E-state index in [1.165, 1.54) is 0 Å². The molecular formula is C14H17N3O. The third-order valence-corrected chi connectivity index (χ3v) is 2.71. The summed E-state index contributed by atoms with van der Waals surface area (Å²) in [5.74, 6) is -0.00413. The van der Waals surface area contributed by atoms with Crippen LogP contribution >= 0.6 is 0 Å². The van der Waals surface area contributed by atoms with Gasteiger partial charge < -0.3 is 11.1 Å². The van der Waals surface area contributed by atoms with E-state index in [9.17, 15) is 4.79 Å². The van der Waals surface area contributed by atoms with Crippen LogP contribution in [0.1, 0.15) is 19.8 Å². The Morgan fingerprint density at radius 2 is 2.28 bits per heavy atom. The van der Waals surface area contributed by atoms with Gasteiger partial charge in [0.25, 0.3) is 0 Å². The van der Waals surface area contributed by atoms with Crippen LogP contribution in [0, 0.1) is 0 Å². The molecule has 1 aromatic carbocycles.